The Kier molecular flexibility index (Phi) is 7.27. The molecule has 0 radical (unpaired) electrons. The van der Waals surface area contributed by atoms with E-state index in [1.165, 1.54) is 19.3 Å². The molecule has 2 amide bonds. The molecule has 6 nitrogen and oxygen atoms in total. The number of halogens is 4. The van der Waals surface area contributed by atoms with E-state index in [0.29, 0.717) is 24.0 Å². The Morgan fingerprint density at radius 2 is 1.73 bits per heavy atom. The average Bonchev–Trinajstić information content (AvgIpc) is 2.78. The van der Waals surface area contributed by atoms with Crippen LogP contribution in [0.3, 0.4) is 0 Å². The SMILES string of the molecule is CNC(=O)c1cc(Oc2cccc(CCNC(=O)c3cccc(C(F)(F)F)c3F)c2)ccn1. The first-order chi connectivity index (χ1) is 15.7. The molecule has 10 heteroatoms. The first-order valence-corrected chi connectivity index (χ1v) is 9.78. The second-order valence-electron chi connectivity index (χ2n) is 6.88. The number of aromatic nitrogens is 1. The summed E-state index contributed by atoms with van der Waals surface area (Å²) in [7, 11) is 1.49. The molecule has 0 aliphatic rings. The van der Waals surface area contributed by atoms with Crippen molar-refractivity contribution < 1.29 is 31.9 Å². The van der Waals surface area contributed by atoms with E-state index >= 15 is 0 Å². The minimum atomic E-state index is -4.89. The lowest BCUT2D eigenvalue weighted by molar-refractivity contribution is -0.140. The van der Waals surface area contributed by atoms with E-state index in [-0.39, 0.29) is 18.1 Å². The van der Waals surface area contributed by atoms with Gasteiger partial charge in [0.15, 0.2) is 0 Å². The molecular formula is C23H19F4N3O3. The number of hydrogen-bond donors (Lipinski definition) is 2. The summed E-state index contributed by atoms with van der Waals surface area (Å²) < 4.78 is 58.3. The number of alkyl halides is 3. The minimum absolute atomic E-state index is 0.0635. The van der Waals surface area contributed by atoms with Crippen molar-refractivity contribution in [3.05, 3.63) is 89.0 Å². The van der Waals surface area contributed by atoms with Crippen LogP contribution >= 0.6 is 0 Å². The minimum Gasteiger partial charge on any atom is -0.457 e. The summed E-state index contributed by atoms with van der Waals surface area (Å²) in [5.74, 6) is -2.04. The van der Waals surface area contributed by atoms with E-state index in [0.717, 1.165) is 17.7 Å². The molecule has 2 aromatic carbocycles. The van der Waals surface area contributed by atoms with E-state index in [9.17, 15) is 27.2 Å². The third-order valence-electron chi connectivity index (χ3n) is 4.57. The van der Waals surface area contributed by atoms with Crippen molar-refractivity contribution in [2.45, 2.75) is 12.6 Å². The summed E-state index contributed by atoms with van der Waals surface area (Å²) in [6, 6.07) is 12.5. The van der Waals surface area contributed by atoms with Crippen LogP contribution in [-0.4, -0.2) is 30.4 Å². The highest BCUT2D eigenvalue weighted by Gasteiger charge is 2.35. The quantitative estimate of drug-likeness (QED) is 0.513. The van der Waals surface area contributed by atoms with Crippen molar-refractivity contribution in [2.24, 2.45) is 0 Å². The number of amides is 2. The number of hydrogen-bond acceptors (Lipinski definition) is 4. The van der Waals surface area contributed by atoms with Gasteiger partial charge in [-0.15, -0.1) is 0 Å². The van der Waals surface area contributed by atoms with Crippen LogP contribution in [0.2, 0.25) is 0 Å². The number of carbonyl (C=O) groups is 2. The Bertz CT molecular complexity index is 1170. The van der Waals surface area contributed by atoms with Crippen LogP contribution in [0.4, 0.5) is 17.6 Å². The maximum atomic E-state index is 14.1. The van der Waals surface area contributed by atoms with Gasteiger partial charge in [-0.1, -0.05) is 18.2 Å². The van der Waals surface area contributed by atoms with Crippen LogP contribution in [0.25, 0.3) is 0 Å². The fourth-order valence-electron chi connectivity index (χ4n) is 2.97. The zero-order valence-corrected chi connectivity index (χ0v) is 17.4. The van der Waals surface area contributed by atoms with Crippen LogP contribution in [0.5, 0.6) is 11.5 Å². The predicted molar refractivity (Wildman–Crippen MR) is 112 cm³/mol. The fraction of sp³-hybridized carbons (Fsp3) is 0.174. The topological polar surface area (TPSA) is 80.3 Å². The molecule has 3 rings (SSSR count). The van der Waals surface area contributed by atoms with Crippen molar-refractivity contribution in [1.82, 2.24) is 15.6 Å². The Hall–Kier alpha value is -3.95. The molecule has 0 aliphatic carbocycles. The van der Waals surface area contributed by atoms with Gasteiger partial charge < -0.3 is 15.4 Å². The lowest BCUT2D eigenvalue weighted by Crippen LogP contribution is -2.27. The molecule has 1 aromatic heterocycles. The summed E-state index contributed by atoms with van der Waals surface area (Å²) in [6.07, 6.45) is -3.13. The first-order valence-electron chi connectivity index (χ1n) is 9.78. The maximum absolute atomic E-state index is 14.1. The number of rotatable bonds is 7. The first kappa shape index (κ1) is 23.7. The Morgan fingerprint density at radius 1 is 1.00 bits per heavy atom. The molecule has 0 spiro atoms. The zero-order valence-electron chi connectivity index (χ0n) is 17.4. The third kappa shape index (κ3) is 6.06. The second-order valence-corrected chi connectivity index (χ2v) is 6.88. The van der Waals surface area contributed by atoms with E-state index < -0.39 is 29.0 Å². The summed E-state index contributed by atoms with van der Waals surface area (Å²) in [4.78, 5) is 27.8. The average molecular weight is 461 g/mol. The van der Waals surface area contributed by atoms with Gasteiger partial charge in [-0.2, -0.15) is 13.2 Å². The highest BCUT2D eigenvalue weighted by atomic mass is 19.4. The van der Waals surface area contributed by atoms with Gasteiger partial charge in [0.2, 0.25) is 0 Å². The van der Waals surface area contributed by atoms with Crippen LogP contribution in [-0.2, 0) is 12.6 Å². The van der Waals surface area contributed by atoms with Crippen molar-refractivity contribution in [1.29, 1.82) is 0 Å². The Morgan fingerprint density at radius 3 is 2.45 bits per heavy atom. The summed E-state index contributed by atoms with van der Waals surface area (Å²) in [6.45, 7) is 0.0635. The number of ether oxygens (including phenoxy) is 1. The van der Waals surface area contributed by atoms with Crippen LogP contribution in [0, 0.1) is 5.82 Å². The van der Waals surface area contributed by atoms with Gasteiger partial charge >= 0.3 is 6.18 Å². The predicted octanol–water partition coefficient (Wildman–Crippen LogP) is 4.36. The smallest absolute Gasteiger partial charge is 0.419 e. The van der Waals surface area contributed by atoms with Gasteiger partial charge in [-0.3, -0.25) is 14.6 Å². The van der Waals surface area contributed by atoms with Crippen molar-refractivity contribution >= 4 is 11.8 Å². The molecule has 0 aliphatic heterocycles. The van der Waals surface area contributed by atoms with Crippen molar-refractivity contribution in [2.75, 3.05) is 13.6 Å². The molecular weight excluding hydrogens is 442 g/mol. The maximum Gasteiger partial charge on any atom is 0.419 e. The van der Waals surface area contributed by atoms with Gasteiger partial charge in [-0.25, -0.2) is 4.39 Å². The lowest BCUT2D eigenvalue weighted by Gasteiger charge is -2.12. The van der Waals surface area contributed by atoms with Gasteiger partial charge in [0.1, 0.15) is 23.0 Å². The molecule has 0 unspecified atom stereocenters. The normalized spacial score (nSPS) is 11.1. The highest BCUT2D eigenvalue weighted by molar-refractivity contribution is 5.94. The molecule has 2 N–H and O–H groups in total. The largest absolute Gasteiger partial charge is 0.457 e. The fourth-order valence-corrected chi connectivity index (χ4v) is 2.97. The molecule has 0 saturated carbocycles. The summed E-state index contributed by atoms with van der Waals surface area (Å²) >= 11 is 0. The number of nitrogens with zero attached hydrogens (tertiary/aromatic N) is 1. The second kappa shape index (κ2) is 10.1. The molecule has 33 heavy (non-hydrogen) atoms. The Labute approximate surface area is 186 Å². The molecule has 3 aromatic rings. The molecule has 1 heterocycles. The summed E-state index contributed by atoms with van der Waals surface area (Å²) in [5, 5.41) is 4.89. The van der Waals surface area contributed by atoms with E-state index in [1.54, 1.807) is 30.3 Å². The monoisotopic (exact) mass is 461 g/mol. The van der Waals surface area contributed by atoms with Gasteiger partial charge in [0, 0.05) is 25.9 Å². The molecule has 0 atom stereocenters. The number of pyridine rings is 1. The van der Waals surface area contributed by atoms with E-state index in [2.05, 4.69) is 15.6 Å². The highest BCUT2D eigenvalue weighted by Crippen LogP contribution is 2.32. The lowest BCUT2D eigenvalue weighted by atomic mass is 10.1. The molecule has 0 fully saturated rings. The van der Waals surface area contributed by atoms with Crippen LogP contribution in [0.1, 0.15) is 32.0 Å². The molecule has 172 valence electrons. The zero-order chi connectivity index (χ0) is 24.0. The van der Waals surface area contributed by atoms with Gasteiger partial charge in [-0.05, 0) is 42.3 Å². The van der Waals surface area contributed by atoms with Crippen molar-refractivity contribution in [3.8, 4) is 11.5 Å². The van der Waals surface area contributed by atoms with E-state index in [1.807, 2.05) is 0 Å². The van der Waals surface area contributed by atoms with Gasteiger partial charge in [0.25, 0.3) is 11.8 Å². The molecule has 0 bridgehead atoms. The number of benzene rings is 2. The Balaban J connectivity index is 1.62. The number of carbonyl (C=O) groups excluding carboxylic acids is 2. The van der Waals surface area contributed by atoms with Crippen LogP contribution < -0.4 is 15.4 Å². The molecule has 0 saturated heterocycles. The van der Waals surface area contributed by atoms with Gasteiger partial charge in [0.05, 0.1) is 11.1 Å². The number of nitrogens with one attached hydrogen (secondary N) is 2. The standard InChI is InChI=1S/C23H19F4N3O3/c1-28-22(32)19-13-16(9-11-29-19)33-15-5-2-4-14(12-15)8-10-30-21(31)17-6-3-7-18(20(17)24)23(25,26)27/h2-7,9,11-13H,8,10H2,1H3,(H,28,32)(H,30,31). The van der Waals surface area contributed by atoms with Crippen molar-refractivity contribution in [3.63, 3.8) is 0 Å². The van der Waals surface area contributed by atoms with Crippen LogP contribution in [0.15, 0.2) is 60.8 Å². The third-order valence-corrected chi connectivity index (χ3v) is 4.57. The van der Waals surface area contributed by atoms with E-state index in [4.69, 9.17) is 4.74 Å². The summed E-state index contributed by atoms with van der Waals surface area (Å²) in [5.41, 5.74) is -1.21.